The average Bonchev–Trinajstić information content (AvgIpc) is 2.03. The largest absolute Gasteiger partial charge is 0.411 e. The van der Waals surface area contributed by atoms with Gasteiger partial charge in [-0.15, -0.1) is 0 Å². The molecule has 0 atom stereocenters. The van der Waals surface area contributed by atoms with Gasteiger partial charge in [0.1, 0.15) is 0 Å². The number of aliphatic hydroxyl groups is 3. The van der Waals surface area contributed by atoms with Crippen LogP contribution in [0.1, 0.15) is 12.8 Å². The zero-order chi connectivity index (χ0) is 11.0. The Morgan fingerprint density at radius 2 is 2.14 bits per heavy atom. The molecule has 0 heterocycles. The van der Waals surface area contributed by atoms with E-state index < -0.39 is 25.1 Å². The summed E-state index contributed by atoms with van der Waals surface area (Å²) in [4.78, 5) is 10.8. The normalized spacial score (nSPS) is 11.1. The van der Waals surface area contributed by atoms with E-state index in [-0.39, 0.29) is 0 Å². The zero-order valence-corrected chi connectivity index (χ0v) is 7.77. The lowest BCUT2D eigenvalue weighted by Crippen LogP contribution is -2.40. The molecule has 7 nitrogen and oxygen atoms in total. The van der Waals surface area contributed by atoms with Crippen LogP contribution in [-0.2, 0) is 4.74 Å². The van der Waals surface area contributed by atoms with Crippen molar-refractivity contribution in [1.82, 2.24) is 5.32 Å². The van der Waals surface area contributed by atoms with Crippen LogP contribution in [0.4, 0.5) is 4.79 Å². The van der Waals surface area contributed by atoms with Gasteiger partial charge in [-0.3, -0.25) is 0 Å². The summed E-state index contributed by atoms with van der Waals surface area (Å²) in [5.41, 5.74) is 5.17. The summed E-state index contributed by atoms with van der Waals surface area (Å²) >= 11 is 0. The quantitative estimate of drug-likeness (QED) is 0.256. The Kier molecular flexibility index (Phi) is 6.13. The molecule has 0 rings (SSSR count). The molecular formula is C7H16N2O5. The van der Waals surface area contributed by atoms with Gasteiger partial charge in [0, 0.05) is 6.54 Å². The Morgan fingerprint density at radius 1 is 1.50 bits per heavy atom. The van der Waals surface area contributed by atoms with Gasteiger partial charge < -0.3 is 31.1 Å². The lowest BCUT2D eigenvalue weighted by Gasteiger charge is -2.20. The Balaban J connectivity index is 3.69. The first kappa shape index (κ1) is 13.1. The minimum absolute atomic E-state index is 0.296. The molecule has 0 aromatic heterocycles. The van der Waals surface area contributed by atoms with Gasteiger partial charge in [-0.25, -0.2) is 4.79 Å². The second kappa shape index (κ2) is 6.55. The SMILES string of the molecule is NCCCNC(=O)OC(O)(O)CCO. The number of nitrogens with one attached hydrogen (secondary N) is 1. The van der Waals surface area contributed by atoms with Crippen LogP contribution in [0, 0.1) is 0 Å². The molecule has 0 aliphatic rings. The van der Waals surface area contributed by atoms with Crippen molar-refractivity contribution in [3.8, 4) is 0 Å². The standard InChI is InChI=1S/C7H16N2O5/c8-3-1-4-9-6(11)14-7(12,13)2-5-10/h10,12-13H,1-5,8H2,(H,9,11). The monoisotopic (exact) mass is 208 g/mol. The van der Waals surface area contributed by atoms with Crippen molar-refractivity contribution in [2.24, 2.45) is 5.73 Å². The maximum Gasteiger partial charge on any atom is 0.411 e. The lowest BCUT2D eigenvalue weighted by atomic mass is 10.4. The summed E-state index contributed by atoms with van der Waals surface area (Å²) < 4.78 is 4.19. The van der Waals surface area contributed by atoms with E-state index in [1.54, 1.807) is 0 Å². The predicted molar refractivity (Wildman–Crippen MR) is 47.0 cm³/mol. The van der Waals surface area contributed by atoms with Gasteiger partial charge in [0.05, 0.1) is 13.0 Å². The molecule has 0 bridgehead atoms. The van der Waals surface area contributed by atoms with Gasteiger partial charge in [0.15, 0.2) is 0 Å². The molecule has 0 spiro atoms. The fraction of sp³-hybridized carbons (Fsp3) is 0.857. The zero-order valence-electron chi connectivity index (χ0n) is 7.77. The summed E-state index contributed by atoms with van der Waals surface area (Å²) in [5, 5.41) is 28.5. The topological polar surface area (TPSA) is 125 Å². The number of alkyl carbamates (subject to hydrolysis) is 1. The fourth-order valence-electron chi connectivity index (χ4n) is 0.674. The number of aliphatic hydroxyl groups excluding tert-OH is 1. The molecule has 0 fully saturated rings. The van der Waals surface area contributed by atoms with Gasteiger partial charge in [-0.2, -0.15) is 0 Å². The Bertz CT molecular complexity index is 173. The van der Waals surface area contributed by atoms with Gasteiger partial charge in [-0.05, 0) is 13.0 Å². The molecule has 0 saturated carbocycles. The highest BCUT2D eigenvalue weighted by Crippen LogP contribution is 2.06. The molecule has 84 valence electrons. The molecule has 14 heavy (non-hydrogen) atoms. The highest BCUT2D eigenvalue weighted by molar-refractivity contribution is 5.67. The van der Waals surface area contributed by atoms with Crippen LogP contribution in [0.3, 0.4) is 0 Å². The molecule has 0 aromatic rings. The third kappa shape index (κ3) is 6.61. The second-order valence-electron chi connectivity index (χ2n) is 2.68. The third-order valence-electron chi connectivity index (χ3n) is 1.34. The van der Waals surface area contributed by atoms with Crippen molar-refractivity contribution in [2.45, 2.75) is 18.8 Å². The third-order valence-corrected chi connectivity index (χ3v) is 1.34. The number of carbonyl (C=O) groups is 1. The Labute approximate surface area is 81.5 Å². The minimum atomic E-state index is -2.62. The van der Waals surface area contributed by atoms with Crippen molar-refractivity contribution < 1.29 is 24.9 Å². The summed E-state index contributed by atoms with van der Waals surface area (Å²) in [5.74, 6) is -2.62. The van der Waals surface area contributed by atoms with Crippen LogP contribution in [0.25, 0.3) is 0 Å². The number of hydrogen-bond acceptors (Lipinski definition) is 6. The van der Waals surface area contributed by atoms with Crippen LogP contribution in [0.2, 0.25) is 0 Å². The molecule has 0 radical (unpaired) electrons. The van der Waals surface area contributed by atoms with E-state index in [0.717, 1.165) is 0 Å². The molecule has 0 saturated heterocycles. The van der Waals surface area contributed by atoms with Crippen molar-refractivity contribution in [1.29, 1.82) is 0 Å². The van der Waals surface area contributed by atoms with E-state index in [2.05, 4.69) is 10.1 Å². The van der Waals surface area contributed by atoms with Gasteiger partial charge in [-0.1, -0.05) is 0 Å². The van der Waals surface area contributed by atoms with E-state index in [4.69, 9.17) is 21.1 Å². The van der Waals surface area contributed by atoms with Crippen LogP contribution in [-0.4, -0.2) is 47.1 Å². The summed E-state index contributed by atoms with van der Waals surface area (Å²) in [7, 11) is 0. The van der Waals surface area contributed by atoms with E-state index in [9.17, 15) is 4.79 Å². The number of carbonyl (C=O) groups excluding carboxylic acids is 1. The van der Waals surface area contributed by atoms with Gasteiger partial charge in [0.25, 0.3) is 0 Å². The van der Waals surface area contributed by atoms with Gasteiger partial charge in [0.2, 0.25) is 0 Å². The molecular weight excluding hydrogens is 192 g/mol. The van der Waals surface area contributed by atoms with Crippen LogP contribution in [0.15, 0.2) is 0 Å². The fourth-order valence-corrected chi connectivity index (χ4v) is 0.674. The predicted octanol–water partition coefficient (Wildman–Crippen LogP) is -1.92. The van der Waals surface area contributed by atoms with Crippen molar-refractivity contribution in [2.75, 3.05) is 19.7 Å². The first-order chi connectivity index (χ1) is 6.52. The van der Waals surface area contributed by atoms with E-state index in [0.29, 0.717) is 19.5 Å². The van der Waals surface area contributed by atoms with Crippen molar-refractivity contribution >= 4 is 6.09 Å². The second-order valence-corrected chi connectivity index (χ2v) is 2.68. The first-order valence-corrected chi connectivity index (χ1v) is 4.24. The maximum absolute atomic E-state index is 10.8. The van der Waals surface area contributed by atoms with E-state index >= 15 is 0 Å². The van der Waals surface area contributed by atoms with E-state index in [1.807, 2.05) is 0 Å². The van der Waals surface area contributed by atoms with Gasteiger partial charge >= 0.3 is 12.1 Å². The molecule has 7 heteroatoms. The molecule has 0 aliphatic heterocycles. The number of ether oxygens (including phenoxy) is 1. The number of rotatable bonds is 6. The molecule has 0 aromatic carbocycles. The van der Waals surface area contributed by atoms with Crippen molar-refractivity contribution in [3.05, 3.63) is 0 Å². The smallest absolute Gasteiger partial charge is 0.396 e. The summed E-state index contributed by atoms with van der Waals surface area (Å²) in [6, 6.07) is 0. The van der Waals surface area contributed by atoms with E-state index in [1.165, 1.54) is 0 Å². The summed E-state index contributed by atoms with van der Waals surface area (Å²) in [6.07, 6.45) is -0.854. The molecule has 6 N–H and O–H groups in total. The average molecular weight is 208 g/mol. The van der Waals surface area contributed by atoms with Crippen molar-refractivity contribution in [3.63, 3.8) is 0 Å². The van der Waals surface area contributed by atoms with Crippen LogP contribution in [0.5, 0.6) is 0 Å². The van der Waals surface area contributed by atoms with Crippen LogP contribution >= 0.6 is 0 Å². The number of hydrogen-bond donors (Lipinski definition) is 5. The Hall–Kier alpha value is -0.890. The first-order valence-electron chi connectivity index (χ1n) is 4.24. The molecule has 1 amide bonds. The highest BCUT2D eigenvalue weighted by atomic mass is 16.8. The number of amides is 1. The Morgan fingerprint density at radius 3 is 2.64 bits per heavy atom. The van der Waals surface area contributed by atoms with Crippen LogP contribution < -0.4 is 11.1 Å². The summed E-state index contributed by atoms with van der Waals surface area (Å²) in [6.45, 7) is 0.216. The highest BCUT2D eigenvalue weighted by Gasteiger charge is 2.27. The maximum atomic E-state index is 10.8. The lowest BCUT2D eigenvalue weighted by molar-refractivity contribution is -0.312. The minimum Gasteiger partial charge on any atom is -0.396 e. The molecule has 0 aliphatic carbocycles. The molecule has 0 unspecified atom stereocenters. The number of nitrogens with two attached hydrogens (primary N) is 1.